The van der Waals surface area contributed by atoms with Crippen LogP contribution in [0.3, 0.4) is 0 Å². The number of aryl methyl sites for hydroxylation is 2. The molecule has 0 aliphatic rings. The Hall–Kier alpha value is -1.81. The van der Waals surface area contributed by atoms with E-state index in [2.05, 4.69) is 18.1 Å². The molecule has 0 bridgehead atoms. The van der Waals surface area contributed by atoms with Crippen LogP contribution >= 0.6 is 0 Å². The maximum absolute atomic E-state index is 6.35. The van der Waals surface area contributed by atoms with E-state index in [-0.39, 0.29) is 6.04 Å². The molecule has 1 heterocycles. The van der Waals surface area contributed by atoms with Gasteiger partial charge in [-0.2, -0.15) is 5.10 Å². The fraction of sp³-hybridized carbons (Fsp3) is 0.400. The van der Waals surface area contributed by atoms with E-state index in [0.717, 1.165) is 35.5 Å². The monoisotopic (exact) mass is 259 g/mol. The quantitative estimate of drug-likeness (QED) is 0.898. The molecule has 1 aromatic heterocycles. The van der Waals surface area contributed by atoms with Crippen molar-refractivity contribution < 1.29 is 4.74 Å². The Labute approximate surface area is 114 Å². The summed E-state index contributed by atoms with van der Waals surface area (Å²) in [6, 6.07) is 7.89. The van der Waals surface area contributed by atoms with E-state index in [0.29, 0.717) is 0 Å². The molecule has 1 unspecified atom stereocenters. The minimum absolute atomic E-state index is 0.154. The summed E-state index contributed by atoms with van der Waals surface area (Å²) < 4.78 is 7.25. The Balaban J connectivity index is 2.30. The molecule has 0 saturated heterocycles. The van der Waals surface area contributed by atoms with Crippen molar-refractivity contribution in [2.45, 2.75) is 32.9 Å². The van der Waals surface area contributed by atoms with Gasteiger partial charge in [-0.1, -0.05) is 19.1 Å². The molecule has 1 aromatic carbocycles. The molecule has 2 rings (SSSR count). The molecule has 0 aliphatic carbocycles. The summed E-state index contributed by atoms with van der Waals surface area (Å²) in [6.45, 7) is 5.05. The van der Waals surface area contributed by atoms with Crippen molar-refractivity contribution in [2.75, 3.05) is 7.11 Å². The molecule has 2 aromatic rings. The van der Waals surface area contributed by atoms with Gasteiger partial charge in [-0.3, -0.25) is 4.68 Å². The van der Waals surface area contributed by atoms with Gasteiger partial charge < -0.3 is 10.5 Å². The number of hydrogen-bond donors (Lipinski definition) is 1. The number of nitrogens with two attached hydrogens (primary N) is 1. The summed E-state index contributed by atoms with van der Waals surface area (Å²) in [7, 11) is 1.68. The van der Waals surface area contributed by atoms with Crippen LogP contribution in [0.1, 0.15) is 36.2 Å². The van der Waals surface area contributed by atoms with Crippen molar-refractivity contribution >= 4 is 0 Å². The second-order valence-corrected chi connectivity index (χ2v) is 4.69. The highest BCUT2D eigenvalue weighted by molar-refractivity contribution is 5.39. The minimum Gasteiger partial charge on any atom is -0.496 e. The number of ether oxygens (including phenoxy) is 1. The summed E-state index contributed by atoms with van der Waals surface area (Å²) >= 11 is 0. The molecular weight excluding hydrogens is 238 g/mol. The predicted molar refractivity (Wildman–Crippen MR) is 76.3 cm³/mol. The molecule has 4 nitrogen and oxygen atoms in total. The predicted octanol–water partition coefficient (Wildman–Crippen LogP) is 2.66. The second kappa shape index (κ2) is 5.89. The summed E-state index contributed by atoms with van der Waals surface area (Å²) in [5.74, 6) is 0.887. The van der Waals surface area contributed by atoms with Gasteiger partial charge in [-0.15, -0.1) is 0 Å². The Morgan fingerprint density at radius 1 is 1.37 bits per heavy atom. The first-order valence-electron chi connectivity index (χ1n) is 6.59. The number of methoxy groups -OCH3 is 1. The largest absolute Gasteiger partial charge is 0.496 e. The molecule has 0 radical (unpaired) electrons. The summed E-state index contributed by atoms with van der Waals surface area (Å²) in [5, 5.41) is 4.32. The van der Waals surface area contributed by atoms with E-state index in [4.69, 9.17) is 10.5 Å². The van der Waals surface area contributed by atoms with Crippen LogP contribution in [-0.4, -0.2) is 16.9 Å². The van der Waals surface area contributed by atoms with Crippen molar-refractivity contribution in [2.24, 2.45) is 5.73 Å². The SMILES string of the molecule is CCCn1nccc1C(N)c1ccc(OC)c(C)c1. The molecular formula is C15H21N3O. The molecule has 0 aliphatic heterocycles. The lowest BCUT2D eigenvalue weighted by Crippen LogP contribution is -2.17. The maximum Gasteiger partial charge on any atom is 0.121 e. The lowest BCUT2D eigenvalue weighted by Gasteiger charge is -2.16. The van der Waals surface area contributed by atoms with Gasteiger partial charge in [0.25, 0.3) is 0 Å². The first-order chi connectivity index (χ1) is 9.17. The smallest absolute Gasteiger partial charge is 0.121 e. The topological polar surface area (TPSA) is 53.1 Å². The molecule has 2 N–H and O–H groups in total. The van der Waals surface area contributed by atoms with E-state index in [1.165, 1.54) is 0 Å². The average molecular weight is 259 g/mol. The highest BCUT2D eigenvalue weighted by Gasteiger charge is 2.14. The summed E-state index contributed by atoms with van der Waals surface area (Å²) in [6.07, 6.45) is 2.85. The van der Waals surface area contributed by atoms with Crippen LogP contribution in [-0.2, 0) is 6.54 Å². The van der Waals surface area contributed by atoms with Crippen molar-refractivity contribution in [1.29, 1.82) is 0 Å². The van der Waals surface area contributed by atoms with Crippen LogP contribution in [0.25, 0.3) is 0 Å². The summed E-state index contributed by atoms with van der Waals surface area (Å²) in [4.78, 5) is 0. The Kier molecular flexibility index (Phi) is 4.22. The summed E-state index contributed by atoms with van der Waals surface area (Å²) in [5.41, 5.74) is 9.57. The van der Waals surface area contributed by atoms with Crippen LogP contribution in [0.2, 0.25) is 0 Å². The van der Waals surface area contributed by atoms with Gasteiger partial charge in [-0.05, 0) is 36.6 Å². The lowest BCUT2D eigenvalue weighted by atomic mass is 10.0. The molecule has 0 amide bonds. The molecule has 102 valence electrons. The second-order valence-electron chi connectivity index (χ2n) is 4.69. The van der Waals surface area contributed by atoms with Crippen molar-refractivity contribution in [3.63, 3.8) is 0 Å². The van der Waals surface area contributed by atoms with Crippen molar-refractivity contribution in [3.8, 4) is 5.75 Å². The Morgan fingerprint density at radius 2 is 2.16 bits per heavy atom. The van der Waals surface area contributed by atoms with Crippen LogP contribution < -0.4 is 10.5 Å². The highest BCUT2D eigenvalue weighted by atomic mass is 16.5. The van der Waals surface area contributed by atoms with Gasteiger partial charge in [0.15, 0.2) is 0 Å². The van der Waals surface area contributed by atoms with Gasteiger partial charge >= 0.3 is 0 Å². The third kappa shape index (κ3) is 2.79. The van der Waals surface area contributed by atoms with Gasteiger partial charge in [0, 0.05) is 12.7 Å². The maximum atomic E-state index is 6.35. The lowest BCUT2D eigenvalue weighted by molar-refractivity contribution is 0.411. The fourth-order valence-corrected chi connectivity index (χ4v) is 2.27. The zero-order chi connectivity index (χ0) is 13.8. The third-order valence-corrected chi connectivity index (χ3v) is 3.28. The molecule has 4 heteroatoms. The van der Waals surface area contributed by atoms with Crippen LogP contribution in [0.15, 0.2) is 30.5 Å². The third-order valence-electron chi connectivity index (χ3n) is 3.28. The molecule has 0 saturated carbocycles. The first-order valence-corrected chi connectivity index (χ1v) is 6.59. The first kappa shape index (κ1) is 13.6. The Morgan fingerprint density at radius 3 is 2.79 bits per heavy atom. The van der Waals surface area contributed by atoms with Crippen LogP contribution in [0.5, 0.6) is 5.75 Å². The van der Waals surface area contributed by atoms with Gasteiger partial charge in [-0.25, -0.2) is 0 Å². The van der Waals surface area contributed by atoms with E-state index < -0.39 is 0 Å². The minimum atomic E-state index is -0.154. The number of benzene rings is 1. The molecule has 19 heavy (non-hydrogen) atoms. The van der Waals surface area contributed by atoms with E-state index >= 15 is 0 Å². The standard InChI is InChI=1S/C15H21N3O/c1-4-9-18-13(7-8-17-18)15(16)12-5-6-14(19-3)11(2)10-12/h5-8,10,15H,4,9,16H2,1-3H3. The van der Waals surface area contributed by atoms with E-state index in [1.807, 2.05) is 29.8 Å². The average Bonchev–Trinajstić information content (AvgIpc) is 2.86. The normalized spacial score (nSPS) is 12.4. The van der Waals surface area contributed by atoms with Crippen molar-refractivity contribution in [3.05, 3.63) is 47.3 Å². The van der Waals surface area contributed by atoms with Gasteiger partial charge in [0.05, 0.1) is 18.8 Å². The van der Waals surface area contributed by atoms with Gasteiger partial charge in [0.2, 0.25) is 0 Å². The number of nitrogens with zero attached hydrogens (tertiary/aromatic N) is 2. The van der Waals surface area contributed by atoms with Crippen LogP contribution in [0.4, 0.5) is 0 Å². The van der Waals surface area contributed by atoms with Crippen LogP contribution in [0, 0.1) is 6.92 Å². The van der Waals surface area contributed by atoms with E-state index in [9.17, 15) is 0 Å². The Bertz CT molecular complexity index is 548. The molecule has 0 spiro atoms. The van der Waals surface area contributed by atoms with Gasteiger partial charge in [0.1, 0.15) is 5.75 Å². The highest BCUT2D eigenvalue weighted by Crippen LogP contribution is 2.25. The van der Waals surface area contributed by atoms with Crippen molar-refractivity contribution in [1.82, 2.24) is 9.78 Å². The molecule has 0 fully saturated rings. The van der Waals surface area contributed by atoms with E-state index in [1.54, 1.807) is 13.3 Å². The number of rotatable bonds is 5. The zero-order valence-corrected chi connectivity index (χ0v) is 11.8. The number of aromatic nitrogens is 2. The fourth-order valence-electron chi connectivity index (χ4n) is 2.27. The number of hydrogen-bond acceptors (Lipinski definition) is 3. The zero-order valence-electron chi connectivity index (χ0n) is 11.8. The molecule has 1 atom stereocenters.